The van der Waals surface area contributed by atoms with Crippen molar-refractivity contribution in [2.24, 2.45) is 0 Å². The van der Waals surface area contributed by atoms with Gasteiger partial charge in [-0.25, -0.2) is 4.79 Å². The van der Waals surface area contributed by atoms with Crippen molar-refractivity contribution < 1.29 is 14.4 Å². The molecule has 0 unspecified atom stereocenters. The van der Waals surface area contributed by atoms with Gasteiger partial charge in [0.15, 0.2) is 0 Å². The molecule has 6 nitrogen and oxygen atoms in total. The summed E-state index contributed by atoms with van der Waals surface area (Å²) < 4.78 is 0. The molecule has 2 heterocycles. The van der Waals surface area contributed by atoms with Crippen molar-refractivity contribution in [3.63, 3.8) is 0 Å². The van der Waals surface area contributed by atoms with Gasteiger partial charge in [-0.1, -0.05) is 37.5 Å². The van der Waals surface area contributed by atoms with Crippen molar-refractivity contribution in [1.82, 2.24) is 15.1 Å². The van der Waals surface area contributed by atoms with E-state index in [1.165, 1.54) is 28.0 Å². The van der Waals surface area contributed by atoms with Gasteiger partial charge in [0, 0.05) is 19.0 Å². The maximum absolute atomic E-state index is 13.0. The van der Waals surface area contributed by atoms with E-state index in [1.807, 2.05) is 4.90 Å². The summed E-state index contributed by atoms with van der Waals surface area (Å²) in [5.74, 6) is -0.0688. The third-order valence-electron chi connectivity index (χ3n) is 7.13. The molecule has 30 heavy (non-hydrogen) atoms. The molecule has 1 N–H and O–H groups in total. The van der Waals surface area contributed by atoms with Crippen LogP contribution in [0.1, 0.15) is 80.5 Å². The number of carbonyl (C=O) groups is 3. The normalized spacial score (nSPS) is 25.1. The number of nitrogens with zero attached hydrogens (tertiary/aromatic N) is 2. The SMILES string of the molecule is Cc1ccc([C@H]2CCCN2C(=O)CC[C@H]2NC(=O)N(C3CCCCC3)C2=O)cc1C. The van der Waals surface area contributed by atoms with Crippen LogP contribution in [0.3, 0.4) is 0 Å². The molecule has 1 aromatic carbocycles. The van der Waals surface area contributed by atoms with Crippen molar-refractivity contribution in [2.45, 2.75) is 89.8 Å². The number of hydrogen-bond donors (Lipinski definition) is 1. The number of rotatable bonds is 5. The molecule has 2 atom stereocenters. The summed E-state index contributed by atoms with van der Waals surface area (Å²) >= 11 is 0. The van der Waals surface area contributed by atoms with Crippen molar-refractivity contribution >= 4 is 17.8 Å². The summed E-state index contributed by atoms with van der Waals surface area (Å²) in [6.45, 7) is 4.96. The quantitative estimate of drug-likeness (QED) is 0.745. The van der Waals surface area contributed by atoms with Crippen molar-refractivity contribution in [3.8, 4) is 0 Å². The molecule has 4 amide bonds. The number of imide groups is 1. The number of aryl methyl sites for hydroxylation is 2. The Labute approximate surface area is 179 Å². The topological polar surface area (TPSA) is 69.7 Å². The van der Waals surface area contributed by atoms with E-state index < -0.39 is 6.04 Å². The first-order valence-electron chi connectivity index (χ1n) is 11.5. The minimum absolute atomic E-state index is 0.0275. The third kappa shape index (κ3) is 4.09. The van der Waals surface area contributed by atoms with E-state index in [1.54, 1.807) is 0 Å². The molecule has 1 aromatic rings. The van der Waals surface area contributed by atoms with Crippen LogP contribution in [0.2, 0.25) is 0 Å². The van der Waals surface area contributed by atoms with Crippen LogP contribution in [-0.2, 0) is 9.59 Å². The number of amides is 4. The van der Waals surface area contributed by atoms with Crippen molar-refractivity contribution in [3.05, 3.63) is 34.9 Å². The van der Waals surface area contributed by atoms with Crippen LogP contribution >= 0.6 is 0 Å². The Morgan fingerprint density at radius 1 is 1.03 bits per heavy atom. The third-order valence-corrected chi connectivity index (χ3v) is 7.13. The Morgan fingerprint density at radius 2 is 1.80 bits per heavy atom. The zero-order chi connectivity index (χ0) is 21.3. The fourth-order valence-corrected chi connectivity index (χ4v) is 5.22. The average molecular weight is 412 g/mol. The molecule has 3 fully saturated rings. The molecule has 162 valence electrons. The monoisotopic (exact) mass is 411 g/mol. The summed E-state index contributed by atoms with van der Waals surface area (Å²) in [5, 5.41) is 2.82. The van der Waals surface area contributed by atoms with E-state index in [0.29, 0.717) is 6.42 Å². The first-order chi connectivity index (χ1) is 14.5. The Kier molecular flexibility index (Phi) is 6.11. The van der Waals surface area contributed by atoms with Crippen LogP contribution in [0.4, 0.5) is 4.79 Å². The number of urea groups is 1. The van der Waals surface area contributed by atoms with Gasteiger partial charge in [0.2, 0.25) is 5.91 Å². The highest BCUT2D eigenvalue weighted by Gasteiger charge is 2.42. The van der Waals surface area contributed by atoms with Gasteiger partial charge < -0.3 is 10.2 Å². The predicted octanol–water partition coefficient (Wildman–Crippen LogP) is 4.00. The first-order valence-corrected chi connectivity index (χ1v) is 11.5. The van der Waals surface area contributed by atoms with Crippen LogP contribution in [0.25, 0.3) is 0 Å². The molecule has 0 bridgehead atoms. The molecule has 0 spiro atoms. The lowest BCUT2D eigenvalue weighted by molar-refractivity contribution is -0.133. The minimum Gasteiger partial charge on any atom is -0.336 e. The summed E-state index contributed by atoms with van der Waals surface area (Å²) in [4.78, 5) is 41.6. The van der Waals surface area contributed by atoms with E-state index in [2.05, 4.69) is 37.4 Å². The lowest BCUT2D eigenvalue weighted by Gasteiger charge is -2.28. The van der Waals surface area contributed by atoms with Gasteiger partial charge in [-0.05, 0) is 62.6 Å². The Hall–Kier alpha value is -2.37. The van der Waals surface area contributed by atoms with E-state index >= 15 is 0 Å². The molecule has 0 aromatic heterocycles. The predicted molar refractivity (Wildman–Crippen MR) is 115 cm³/mol. The molecule has 2 aliphatic heterocycles. The second-order valence-corrected chi connectivity index (χ2v) is 9.13. The minimum atomic E-state index is -0.564. The number of carbonyl (C=O) groups excluding carboxylic acids is 3. The summed E-state index contributed by atoms with van der Waals surface area (Å²) in [6.07, 6.45) is 7.75. The summed E-state index contributed by atoms with van der Waals surface area (Å²) in [6, 6.07) is 5.74. The zero-order valence-electron chi connectivity index (χ0n) is 18.2. The smallest absolute Gasteiger partial charge is 0.325 e. The Bertz CT molecular complexity index is 831. The van der Waals surface area contributed by atoms with Crippen LogP contribution in [-0.4, -0.2) is 46.3 Å². The van der Waals surface area contributed by atoms with Gasteiger partial charge in [0.1, 0.15) is 6.04 Å². The van der Waals surface area contributed by atoms with E-state index in [0.717, 1.165) is 45.1 Å². The molecule has 6 heteroatoms. The van der Waals surface area contributed by atoms with E-state index in [4.69, 9.17) is 0 Å². The van der Waals surface area contributed by atoms with E-state index in [9.17, 15) is 14.4 Å². The van der Waals surface area contributed by atoms with Crippen LogP contribution in [0.15, 0.2) is 18.2 Å². The first kappa shape index (κ1) is 20.9. The van der Waals surface area contributed by atoms with Crippen molar-refractivity contribution in [2.75, 3.05) is 6.54 Å². The molecule has 2 saturated heterocycles. The van der Waals surface area contributed by atoms with Gasteiger partial charge in [0.05, 0.1) is 6.04 Å². The summed E-state index contributed by atoms with van der Waals surface area (Å²) in [7, 11) is 0. The fourth-order valence-electron chi connectivity index (χ4n) is 5.22. The van der Waals surface area contributed by atoms with Gasteiger partial charge in [-0.3, -0.25) is 14.5 Å². The van der Waals surface area contributed by atoms with Gasteiger partial charge >= 0.3 is 6.03 Å². The standard InChI is InChI=1S/C24H33N3O3/c1-16-10-11-18(15-17(16)2)21-9-6-14-26(21)22(28)13-12-20-23(29)27(24(30)25-20)19-7-4-3-5-8-19/h10-11,15,19-21H,3-9,12-14H2,1-2H3,(H,25,30)/t20-,21-/m1/s1. The number of likely N-dealkylation sites (tertiary alicyclic amines) is 1. The molecule has 1 saturated carbocycles. The maximum Gasteiger partial charge on any atom is 0.325 e. The Morgan fingerprint density at radius 3 is 2.53 bits per heavy atom. The highest BCUT2D eigenvalue weighted by molar-refractivity contribution is 6.04. The van der Waals surface area contributed by atoms with Gasteiger partial charge in [-0.15, -0.1) is 0 Å². The fraction of sp³-hybridized carbons (Fsp3) is 0.625. The number of hydrogen-bond acceptors (Lipinski definition) is 3. The maximum atomic E-state index is 13.0. The Balaban J connectivity index is 1.36. The van der Waals surface area contributed by atoms with Gasteiger partial charge in [0.25, 0.3) is 5.91 Å². The second-order valence-electron chi connectivity index (χ2n) is 9.13. The number of nitrogens with one attached hydrogen (secondary N) is 1. The average Bonchev–Trinajstić information content (AvgIpc) is 3.33. The number of benzene rings is 1. The highest BCUT2D eigenvalue weighted by atomic mass is 16.2. The lowest BCUT2D eigenvalue weighted by Crippen LogP contribution is -2.42. The lowest BCUT2D eigenvalue weighted by atomic mass is 9.94. The van der Waals surface area contributed by atoms with Crippen LogP contribution in [0, 0.1) is 13.8 Å². The van der Waals surface area contributed by atoms with Crippen LogP contribution in [0.5, 0.6) is 0 Å². The highest BCUT2D eigenvalue weighted by Crippen LogP contribution is 2.34. The molecule has 3 aliphatic rings. The van der Waals surface area contributed by atoms with Crippen molar-refractivity contribution in [1.29, 1.82) is 0 Å². The second kappa shape index (κ2) is 8.78. The van der Waals surface area contributed by atoms with Crippen LogP contribution < -0.4 is 5.32 Å². The van der Waals surface area contributed by atoms with Gasteiger partial charge in [-0.2, -0.15) is 0 Å². The molecule has 0 radical (unpaired) electrons. The van der Waals surface area contributed by atoms with E-state index in [-0.39, 0.29) is 36.3 Å². The zero-order valence-corrected chi connectivity index (χ0v) is 18.2. The summed E-state index contributed by atoms with van der Waals surface area (Å²) in [5.41, 5.74) is 3.69. The molecule has 1 aliphatic carbocycles. The largest absolute Gasteiger partial charge is 0.336 e. The molecular formula is C24H33N3O3. The molecular weight excluding hydrogens is 378 g/mol. The molecule has 4 rings (SSSR count).